The van der Waals surface area contributed by atoms with Crippen LogP contribution in [0.4, 0.5) is 0 Å². The van der Waals surface area contributed by atoms with Crippen LogP contribution in [0.15, 0.2) is 23.1 Å². The van der Waals surface area contributed by atoms with Crippen molar-refractivity contribution in [2.24, 2.45) is 0 Å². The van der Waals surface area contributed by atoms with E-state index in [1.165, 1.54) is 4.91 Å². The second-order valence-electron chi connectivity index (χ2n) is 1.57. The van der Waals surface area contributed by atoms with Crippen LogP contribution in [0.2, 0.25) is 0 Å². The zero-order valence-electron chi connectivity index (χ0n) is 4.76. The lowest BCUT2D eigenvalue weighted by Gasteiger charge is -1.90. The Morgan fingerprint density at radius 1 is 1.62 bits per heavy atom. The molecule has 0 radical (unpaired) electrons. The van der Waals surface area contributed by atoms with Crippen molar-refractivity contribution < 1.29 is 0 Å². The van der Waals surface area contributed by atoms with Crippen LogP contribution in [0.25, 0.3) is 0 Å². The fourth-order valence-electron chi connectivity index (χ4n) is 0.453. The van der Waals surface area contributed by atoms with E-state index in [0.717, 1.165) is 5.75 Å². The smallest absolute Gasteiger partial charge is 0.0224 e. The molecule has 0 bridgehead atoms. The zero-order valence-corrected chi connectivity index (χ0v) is 6.39. The second-order valence-corrected chi connectivity index (χ2v) is 4.16. The standard InChI is InChI=1S/C6H8S2/c1-6-4-2-3-5-7-8-6/h2-4H,5H2,1H3. The lowest BCUT2D eigenvalue weighted by molar-refractivity contribution is 1.67. The van der Waals surface area contributed by atoms with Crippen LogP contribution in [0.3, 0.4) is 0 Å². The maximum atomic E-state index is 2.17. The Bertz CT molecular complexity index is 124. The molecular formula is C6H8S2. The van der Waals surface area contributed by atoms with E-state index in [9.17, 15) is 0 Å². The molecule has 0 N–H and O–H groups in total. The molecule has 0 saturated heterocycles. The molecule has 0 fully saturated rings. The zero-order chi connectivity index (χ0) is 5.82. The van der Waals surface area contributed by atoms with Crippen LogP contribution >= 0.6 is 21.6 Å². The van der Waals surface area contributed by atoms with E-state index >= 15 is 0 Å². The fourth-order valence-corrected chi connectivity index (χ4v) is 2.20. The molecule has 1 heterocycles. The van der Waals surface area contributed by atoms with Crippen LogP contribution < -0.4 is 0 Å². The summed E-state index contributed by atoms with van der Waals surface area (Å²) in [7, 11) is 3.74. The van der Waals surface area contributed by atoms with Crippen LogP contribution in [0.1, 0.15) is 6.92 Å². The molecular weight excluding hydrogens is 136 g/mol. The van der Waals surface area contributed by atoms with Crippen LogP contribution in [0, 0.1) is 0 Å². The summed E-state index contributed by atoms with van der Waals surface area (Å²) in [5, 5.41) is 0. The minimum atomic E-state index is 1.14. The van der Waals surface area contributed by atoms with Gasteiger partial charge < -0.3 is 0 Å². The van der Waals surface area contributed by atoms with Crippen molar-refractivity contribution in [2.45, 2.75) is 6.92 Å². The molecule has 1 aliphatic rings. The summed E-state index contributed by atoms with van der Waals surface area (Å²) in [4.78, 5) is 1.39. The molecule has 44 valence electrons. The molecule has 0 aromatic heterocycles. The predicted molar refractivity (Wildman–Crippen MR) is 42.9 cm³/mol. The summed E-state index contributed by atoms with van der Waals surface area (Å²) in [6.07, 6.45) is 6.43. The van der Waals surface area contributed by atoms with E-state index in [4.69, 9.17) is 0 Å². The van der Waals surface area contributed by atoms with E-state index in [1.54, 1.807) is 0 Å². The molecule has 0 aliphatic carbocycles. The molecule has 0 saturated carbocycles. The highest BCUT2D eigenvalue weighted by atomic mass is 33.1. The molecule has 0 amide bonds. The Morgan fingerprint density at radius 2 is 2.50 bits per heavy atom. The number of rotatable bonds is 0. The normalized spacial score (nSPS) is 19.9. The minimum absolute atomic E-state index is 1.14. The molecule has 1 aliphatic heterocycles. The lowest BCUT2D eigenvalue weighted by atomic mass is 10.4. The van der Waals surface area contributed by atoms with Crippen LogP contribution in [-0.2, 0) is 0 Å². The number of hydrogen-bond donors (Lipinski definition) is 0. The van der Waals surface area contributed by atoms with Gasteiger partial charge in [-0.25, -0.2) is 0 Å². The van der Waals surface area contributed by atoms with Gasteiger partial charge in [-0.15, -0.1) is 0 Å². The van der Waals surface area contributed by atoms with Gasteiger partial charge in [-0.3, -0.25) is 0 Å². The average Bonchev–Trinajstić information content (AvgIpc) is 1.94. The van der Waals surface area contributed by atoms with E-state index < -0.39 is 0 Å². The van der Waals surface area contributed by atoms with Crippen molar-refractivity contribution in [3.8, 4) is 0 Å². The highest BCUT2D eigenvalue weighted by molar-refractivity contribution is 8.78. The Kier molecular flexibility index (Phi) is 2.56. The average molecular weight is 144 g/mol. The van der Waals surface area contributed by atoms with Gasteiger partial charge in [0.1, 0.15) is 0 Å². The predicted octanol–water partition coefficient (Wildman–Crippen LogP) is 2.84. The SMILES string of the molecule is CC1=CC=CCSS1. The van der Waals surface area contributed by atoms with E-state index in [1.807, 2.05) is 21.6 Å². The first-order valence-electron chi connectivity index (χ1n) is 2.52. The van der Waals surface area contributed by atoms with Crippen molar-refractivity contribution in [1.29, 1.82) is 0 Å². The first-order valence-corrected chi connectivity index (χ1v) is 4.84. The van der Waals surface area contributed by atoms with E-state index in [-0.39, 0.29) is 0 Å². The summed E-state index contributed by atoms with van der Waals surface area (Å²) in [5.74, 6) is 1.14. The second kappa shape index (κ2) is 3.25. The molecule has 1 rings (SSSR count). The van der Waals surface area contributed by atoms with Gasteiger partial charge in [-0.2, -0.15) is 0 Å². The number of hydrogen-bond acceptors (Lipinski definition) is 2. The van der Waals surface area contributed by atoms with Gasteiger partial charge >= 0.3 is 0 Å². The Hall–Kier alpha value is 0.180. The van der Waals surface area contributed by atoms with E-state index in [0.29, 0.717) is 0 Å². The third kappa shape index (κ3) is 1.97. The molecule has 0 aromatic carbocycles. The third-order valence-electron chi connectivity index (χ3n) is 0.822. The van der Waals surface area contributed by atoms with Crippen molar-refractivity contribution in [2.75, 3.05) is 5.75 Å². The Labute approximate surface area is 57.8 Å². The third-order valence-corrected chi connectivity index (χ3v) is 3.22. The highest BCUT2D eigenvalue weighted by Gasteiger charge is 1.91. The summed E-state index contributed by atoms with van der Waals surface area (Å²) in [6.45, 7) is 2.13. The first-order chi connectivity index (χ1) is 3.89. The largest absolute Gasteiger partial charge is 0.0851 e. The van der Waals surface area contributed by atoms with Gasteiger partial charge in [0.25, 0.3) is 0 Å². The van der Waals surface area contributed by atoms with Crippen molar-refractivity contribution in [1.82, 2.24) is 0 Å². The molecule has 0 aromatic rings. The maximum absolute atomic E-state index is 2.17. The van der Waals surface area contributed by atoms with Gasteiger partial charge in [-0.05, 0) is 11.8 Å². The molecule has 0 atom stereocenters. The quantitative estimate of drug-likeness (QED) is 0.479. The monoisotopic (exact) mass is 144 g/mol. The van der Waals surface area contributed by atoms with Crippen molar-refractivity contribution in [3.63, 3.8) is 0 Å². The van der Waals surface area contributed by atoms with E-state index in [2.05, 4.69) is 25.2 Å². The van der Waals surface area contributed by atoms with Gasteiger partial charge in [0.05, 0.1) is 0 Å². The van der Waals surface area contributed by atoms with Crippen LogP contribution in [0.5, 0.6) is 0 Å². The topological polar surface area (TPSA) is 0 Å². The summed E-state index contributed by atoms with van der Waals surface area (Å²) >= 11 is 0. The first kappa shape index (κ1) is 6.30. The molecule has 0 spiro atoms. The molecule has 0 nitrogen and oxygen atoms in total. The number of allylic oxidation sites excluding steroid dienone is 3. The lowest BCUT2D eigenvalue weighted by Crippen LogP contribution is -1.57. The maximum Gasteiger partial charge on any atom is 0.0224 e. The van der Waals surface area contributed by atoms with Gasteiger partial charge in [0.15, 0.2) is 0 Å². The van der Waals surface area contributed by atoms with Crippen molar-refractivity contribution >= 4 is 21.6 Å². The van der Waals surface area contributed by atoms with Gasteiger partial charge in [0, 0.05) is 5.75 Å². The summed E-state index contributed by atoms with van der Waals surface area (Å²) < 4.78 is 0. The van der Waals surface area contributed by atoms with Crippen LogP contribution in [-0.4, -0.2) is 5.75 Å². The van der Waals surface area contributed by atoms with Gasteiger partial charge in [-0.1, -0.05) is 39.8 Å². The Balaban J connectivity index is 2.52. The minimum Gasteiger partial charge on any atom is -0.0851 e. The van der Waals surface area contributed by atoms with Crippen molar-refractivity contribution in [3.05, 3.63) is 23.1 Å². The summed E-state index contributed by atoms with van der Waals surface area (Å²) in [5.41, 5.74) is 0. The van der Waals surface area contributed by atoms with Gasteiger partial charge in [0.2, 0.25) is 0 Å². The highest BCUT2D eigenvalue weighted by Crippen LogP contribution is 2.30. The Morgan fingerprint density at radius 3 is 3.38 bits per heavy atom. The fraction of sp³-hybridized carbons (Fsp3) is 0.333. The summed E-state index contributed by atoms with van der Waals surface area (Å²) in [6, 6.07) is 0. The molecule has 8 heavy (non-hydrogen) atoms. The molecule has 0 unspecified atom stereocenters. The molecule has 2 heteroatoms.